The van der Waals surface area contributed by atoms with Crippen LogP contribution in [0.2, 0.25) is 0 Å². The van der Waals surface area contributed by atoms with Crippen molar-refractivity contribution >= 4 is 17.9 Å². The zero-order chi connectivity index (χ0) is 15.7. The Kier molecular flexibility index (Phi) is 3.54. The lowest BCUT2D eigenvalue weighted by Gasteiger charge is -2.24. The first-order chi connectivity index (χ1) is 10.6. The van der Waals surface area contributed by atoms with Crippen molar-refractivity contribution in [3.8, 4) is 0 Å². The Morgan fingerprint density at radius 3 is 2.82 bits per heavy atom. The number of hydrogen-bond donors (Lipinski definition) is 2. The van der Waals surface area contributed by atoms with Crippen LogP contribution in [0.25, 0.3) is 0 Å². The standard InChI is InChI=1S/C15H13FN4O2/c16-10-4-2-1-3-9(10)8-5-11-14(13(21)6-8)12(7-18-22)20-15(17)19-11/h1-4,7-8,22H,5-6H2,(H2,17,19,20). The molecule has 1 aliphatic carbocycles. The van der Waals surface area contributed by atoms with Crippen molar-refractivity contribution in [2.45, 2.75) is 18.8 Å². The highest BCUT2D eigenvalue weighted by Gasteiger charge is 2.31. The monoisotopic (exact) mass is 300 g/mol. The minimum atomic E-state index is -0.345. The van der Waals surface area contributed by atoms with Gasteiger partial charge in [-0.05, 0) is 24.0 Å². The number of oxime groups is 1. The summed E-state index contributed by atoms with van der Waals surface area (Å²) in [6.45, 7) is 0. The Morgan fingerprint density at radius 1 is 1.32 bits per heavy atom. The largest absolute Gasteiger partial charge is 0.411 e. The zero-order valence-electron chi connectivity index (χ0n) is 11.5. The molecule has 1 aliphatic rings. The molecule has 6 nitrogen and oxygen atoms in total. The number of anilines is 1. The van der Waals surface area contributed by atoms with Crippen LogP contribution in [0.15, 0.2) is 29.4 Å². The van der Waals surface area contributed by atoms with Gasteiger partial charge < -0.3 is 10.9 Å². The average molecular weight is 300 g/mol. The number of Topliss-reactive ketones (excluding diaryl/α,β-unsaturated/α-hetero) is 1. The van der Waals surface area contributed by atoms with Crippen LogP contribution in [0.1, 0.15) is 39.6 Å². The van der Waals surface area contributed by atoms with Crippen molar-refractivity contribution in [1.82, 2.24) is 9.97 Å². The number of carbonyl (C=O) groups excluding carboxylic acids is 1. The molecule has 3 N–H and O–H groups in total. The van der Waals surface area contributed by atoms with Crippen LogP contribution in [-0.2, 0) is 6.42 Å². The number of benzene rings is 1. The second kappa shape index (κ2) is 5.51. The van der Waals surface area contributed by atoms with Crippen molar-refractivity contribution in [3.63, 3.8) is 0 Å². The molecule has 7 heteroatoms. The molecule has 1 aromatic carbocycles. The smallest absolute Gasteiger partial charge is 0.220 e. The van der Waals surface area contributed by atoms with Crippen LogP contribution in [0.5, 0.6) is 0 Å². The van der Waals surface area contributed by atoms with Crippen LogP contribution in [-0.4, -0.2) is 27.2 Å². The van der Waals surface area contributed by atoms with Gasteiger partial charge in [-0.3, -0.25) is 4.79 Å². The van der Waals surface area contributed by atoms with Crippen LogP contribution in [0, 0.1) is 5.82 Å². The summed E-state index contributed by atoms with van der Waals surface area (Å²) in [6, 6.07) is 6.37. The molecule has 0 spiro atoms. The third-order valence-corrected chi connectivity index (χ3v) is 3.70. The van der Waals surface area contributed by atoms with Crippen LogP contribution >= 0.6 is 0 Å². The second-order valence-corrected chi connectivity index (χ2v) is 5.08. The molecule has 112 valence electrons. The summed E-state index contributed by atoms with van der Waals surface area (Å²) in [6.07, 6.45) is 1.58. The fourth-order valence-corrected chi connectivity index (χ4v) is 2.80. The predicted octanol–water partition coefficient (Wildman–Crippen LogP) is 1.92. The normalized spacial score (nSPS) is 17.7. The van der Waals surface area contributed by atoms with Crippen molar-refractivity contribution in [2.75, 3.05) is 5.73 Å². The van der Waals surface area contributed by atoms with Gasteiger partial charge in [-0.1, -0.05) is 23.4 Å². The van der Waals surface area contributed by atoms with E-state index in [9.17, 15) is 9.18 Å². The van der Waals surface area contributed by atoms with Gasteiger partial charge in [0, 0.05) is 6.42 Å². The van der Waals surface area contributed by atoms with Crippen LogP contribution < -0.4 is 5.73 Å². The van der Waals surface area contributed by atoms with Gasteiger partial charge in [0.15, 0.2) is 5.78 Å². The quantitative estimate of drug-likeness (QED) is 0.501. The number of hydrogen-bond acceptors (Lipinski definition) is 6. The van der Waals surface area contributed by atoms with E-state index < -0.39 is 0 Å². The summed E-state index contributed by atoms with van der Waals surface area (Å²) in [5.41, 5.74) is 7.03. The molecule has 22 heavy (non-hydrogen) atoms. The first kappa shape index (κ1) is 14.1. The van der Waals surface area contributed by atoms with Crippen molar-refractivity contribution in [1.29, 1.82) is 0 Å². The maximum absolute atomic E-state index is 13.9. The van der Waals surface area contributed by atoms with Gasteiger partial charge in [0.25, 0.3) is 0 Å². The second-order valence-electron chi connectivity index (χ2n) is 5.08. The van der Waals surface area contributed by atoms with Gasteiger partial charge in [-0.2, -0.15) is 0 Å². The summed E-state index contributed by atoms with van der Waals surface area (Å²) >= 11 is 0. The molecule has 0 bridgehead atoms. The molecule has 2 aromatic rings. The number of nitrogens with two attached hydrogens (primary N) is 1. The lowest BCUT2D eigenvalue weighted by molar-refractivity contribution is 0.0962. The highest BCUT2D eigenvalue weighted by molar-refractivity contribution is 6.04. The summed E-state index contributed by atoms with van der Waals surface area (Å²) in [5, 5.41) is 11.6. The molecular formula is C15H13FN4O2. The highest BCUT2D eigenvalue weighted by atomic mass is 19.1. The van der Waals surface area contributed by atoms with E-state index in [4.69, 9.17) is 10.9 Å². The molecule has 1 heterocycles. The molecule has 1 unspecified atom stereocenters. The number of carbonyl (C=O) groups is 1. The lowest BCUT2D eigenvalue weighted by Crippen LogP contribution is -2.24. The number of halogens is 1. The third kappa shape index (κ3) is 2.41. The number of aromatic nitrogens is 2. The van der Waals surface area contributed by atoms with E-state index in [1.54, 1.807) is 18.2 Å². The molecule has 0 saturated heterocycles. The van der Waals surface area contributed by atoms with Gasteiger partial charge in [-0.15, -0.1) is 0 Å². The zero-order valence-corrected chi connectivity index (χ0v) is 11.5. The van der Waals surface area contributed by atoms with E-state index in [0.717, 1.165) is 6.21 Å². The highest BCUT2D eigenvalue weighted by Crippen LogP contribution is 2.34. The lowest BCUT2D eigenvalue weighted by atomic mass is 9.81. The molecule has 1 atom stereocenters. The molecule has 0 fully saturated rings. The summed E-state index contributed by atoms with van der Waals surface area (Å²) in [5.74, 6) is -0.877. The van der Waals surface area contributed by atoms with Gasteiger partial charge in [0.05, 0.1) is 17.5 Å². The minimum absolute atomic E-state index is 0.0179. The number of ketones is 1. The molecule has 0 radical (unpaired) electrons. The summed E-state index contributed by atoms with van der Waals surface area (Å²) < 4.78 is 13.9. The van der Waals surface area contributed by atoms with Gasteiger partial charge in [-0.25, -0.2) is 14.4 Å². The minimum Gasteiger partial charge on any atom is -0.411 e. The Labute approximate surface area is 125 Å². The Morgan fingerprint density at radius 2 is 2.09 bits per heavy atom. The number of nitrogens with zero attached hydrogens (tertiary/aromatic N) is 3. The molecular weight excluding hydrogens is 287 g/mol. The molecule has 3 rings (SSSR count). The number of fused-ring (bicyclic) bond motifs is 1. The van der Waals surface area contributed by atoms with E-state index in [1.165, 1.54) is 6.07 Å². The molecule has 0 amide bonds. The van der Waals surface area contributed by atoms with Crippen molar-refractivity contribution in [3.05, 3.63) is 52.6 Å². The van der Waals surface area contributed by atoms with E-state index >= 15 is 0 Å². The third-order valence-electron chi connectivity index (χ3n) is 3.70. The van der Waals surface area contributed by atoms with E-state index in [-0.39, 0.29) is 35.6 Å². The Hall–Kier alpha value is -2.83. The van der Waals surface area contributed by atoms with Gasteiger partial charge >= 0.3 is 0 Å². The van der Waals surface area contributed by atoms with Crippen LogP contribution in [0.3, 0.4) is 0 Å². The van der Waals surface area contributed by atoms with Crippen molar-refractivity contribution < 1.29 is 14.4 Å². The number of rotatable bonds is 2. The SMILES string of the molecule is Nc1nc(C=NO)c2c(n1)CC(c1ccccc1F)CC2=O. The first-order valence-electron chi connectivity index (χ1n) is 6.71. The maximum Gasteiger partial charge on any atom is 0.220 e. The first-order valence-corrected chi connectivity index (χ1v) is 6.71. The van der Waals surface area contributed by atoms with E-state index in [1.807, 2.05) is 0 Å². The average Bonchev–Trinajstić information content (AvgIpc) is 2.47. The van der Waals surface area contributed by atoms with Gasteiger partial charge in [0.1, 0.15) is 11.5 Å². The van der Waals surface area contributed by atoms with E-state index in [0.29, 0.717) is 23.2 Å². The molecule has 0 saturated carbocycles. The van der Waals surface area contributed by atoms with Crippen molar-refractivity contribution in [2.24, 2.45) is 5.16 Å². The van der Waals surface area contributed by atoms with E-state index in [2.05, 4.69) is 15.1 Å². The fourth-order valence-electron chi connectivity index (χ4n) is 2.80. The topological polar surface area (TPSA) is 101 Å². The summed E-state index contributed by atoms with van der Waals surface area (Å²) in [7, 11) is 0. The van der Waals surface area contributed by atoms with Gasteiger partial charge in [0.2, 0.25) is 5.95 Å². The fraction of sp³-hybridized carbons (Fsp3) is 0.200. The van der Waals surface area contributed by atoms with Crippen LogP contribution in [0.4, 0.5) is 10.3 Å². The molecule has 1 aromatic heterocycles. The summed E-state index contributed by atoms with van der Waals surface area (Å²) in [4.78, 5) is 20.4. The maximum atomic E-state index is 13.9. The predicted molar refractivity (Wildman–Crippen MR) is 77.6 cm³/mol. The molecule has 0 aliphatic heterocycles. The number of nitrogen functional groups attached to an aromatic ring is 1. The Balaban J connectivity index is 2.07. The Bertz CT molecular complexity index is 776.